The average molecular weight is 191 g/mol. The van der Waals surface area contributed by atoms with Crippen LogP contribution in [0.15, 0.2) is 6.07 Å². The summed E-state index contributed by atoms with van der Waals surface area (Å²) in [7, 11) is -2.34. The summed E-state index contributed by atoms with van der Waals surface area (Å²) in [5.41, 5.74) is 3.15. The van der Waals surface area contributed by atoms with Gasteiger partial charge in [-0.3, -0.25) is 0 Å². The Labute approximate surface area is 71.7 Å². The smallest absolute Gasteiger partial charge is 0.423 e. The summed E-state index contributed by atoms with van der Waals surface area (Å²) in [6.07, 6.45) is 0. The Hall–Kier alpha value is -1.21. The molecule has 0 heterocycles. The fourth-order valence-electron chi connectivity index (χ4n) is 0.880. The topological polar surface area (TPSA) is 66.5 Å². The Bertz CT molecular complexity index is 319. The molecular weight excluding hydrogens is 186 g/mol. The van der Waals surface area contributed by atoms with Gasteiger partial charge < -0.3 is 15.8 Å². The van der Waals surface area contributed by atoms with Gasteiger partial charge in [-0.15, -0.1) is 0 Å². The molecule has 0 atom stereocenters. The molecule has 1 aromatic rings. The van der Waals surface area contributed by atoms with Crippen LogP contribution in [0.3, 0.4) is 0 Å². The third-order valence-corrected chi connectivity index (χ3v) is 1.51. The second-order valence-corrected chi connectivity index (χ2v) is 2.36. The fourth-order valence-corrected chi connectivity index (χ4v) is 0.880. The molecule has 0 radical (unpaired) electrons. The molecule has 0 aliphatic carbocycles. The quantitative estimate of drug-likeness (QED) is 0.314. The average Bonchev–Trinajstić information content (AvgIpc) is 2.01. The van der Waals surface area contributed by atoms with Gasteiger partial charge in [-0.2, -0.15) is 0 Å². The maximum atomic E-state index is 12.8. The molecule has 0 aliphatic heterocycles. The van der Waals surface area contributed by atoms with E-state index in [0.717, 1.165) is 0 Å². The Morgan fingerprint density at radius 2 is 1.69 bits per heavy atom. The summed E-state index contributed by atoms with van der Waals surface area (Å²) >= 11 is 0. The first kappa shape index (κ1) is 9.88. The van der Waals surface area contributed by atoms with E-state index in [2.05, 4.69) is 0 Å². The number of halogens is 3. The van der Waals surface area contributed by atoms with E-state index in [0.29, 0.717) is 0 Å². The van der Waals surface area contributed by atoms with Gasteiger partial charge in [0.05, 0.1) is 5.69 Å². The fraction of sp³-hybridized carbons (Fsp3) is 0. The van der Waals surface area contributed by atoms with E-state index in [1.807, 2.05) is 0 Å². The first-order valence-corrected chi connectivity index (χ1v) is 3.24. The monoisotopic (exact) mass is 191 g/mol. The summed E-state index contributed by atoms with van der Waals surface area (Å²) < 4.78 is 37.9. The van der Waals surface area contributed by atoms with Crippen molar-refractivity contribution in [1.82, 2.24) is 0 Å². The standard InChI is InChI=1S/C6H5BF3NO2/c8-2-1-3(9)6(11)4(5(2)10)7(12)13/h1,12-13H,11H2. The summed E-state index contributed by atoms with van der Waals surface area (Å²) in [6, 6.07) is 0.233. The molecule has 0 fully saturated rings. The highest BCUT2D eigenvalue weighted by Crippen LogP contribution is 2.13. The number of benzene rings is 1. The summed E-state index contributed by atoms with van der Waals surface area (Å²) in [5, 5.41) is 17.1. The SMILES string of the molecule is Nc1c(F)cc(F)c(F)c1B(O)O. The second kappa shape index (κ2) is 3.27. The van der Waals surface area contributed by atoms with Crippen LogP contribution in [0.4, 0.5) is 18.9 Å². The van der Waals surface area contributed by atoms with Crippen LogP contribution in [-0.4, -0.2) is 17.2 Å². The van der Waals surface area contributed by atoms with Gasteiger partial charge in [0, 0.05) is 11.5 Å². The molecule has 0 unspecified atom stereocenters. The zero-order valence-corrected chi connectivity index (χ0v) is 6.26. The highest BCUT2D eigenvalue weighted by molar-refractivity contribution is 6.60. The van der Waals surface area contributed by atoms with E-state index in [4.69, 9.17) is 15.8 Å². The predicted octanol–water partition coefficient (Wildman–Crippen LogP) is -0.634. The van der Waals surface area contributed by atoms with Crippen molar-refractivity contribution in [3.63, 3.8) is 0 Å². The van der Waals surface area contributed by atoms with Crippen LogP contribution < -0.4 is 11.2 Å². The lowest BCUT2D eigenvalue weighted by molar-refractivity contribution is 0.419. The summed E-state index contributed by atoms with van der Waals surface area (Å²) in [4.78, 5) is 0. The normalized spacial score (nSPS) is 10.2. The van der Waals surface area contributed by atoms with Gasteiger partial charge in [0.1, 0.15) is 5.82 Å². The van der Waals surface area contributed by atoms with Crippen molar-refractivity contribution in [3.05, 3.63) is 23.5 Å². The van der Waals surface area contributed by atoms with E-state index >= 15 is 0 Å². The minimum absolute atomic E-state index is 0.233. The van der Waals surface area contributed by atoms with Crippen molar-refractivity contribution >= 4 is 18.3 Å². The molecule has 13 heavy (non-hydrogen) atoms. The first-order valence-electron chi connectivity index (χ1n) is 3.24. The third kappa shape index (κ3) is 1.61. The molecule has 1 aromatic carbocycles. The van der Waals surface area contributed by atoms with Gasteiger partial charge in [-0.25, -0.2) is 13.2 Å². The Balaban J connectivity index is 3.46. The number of hydrogen-bond donors (Lipinski definition) is 3. The van der Waals surface area contributed by atoms with Crippen LogP contribution >= 0.6 is 0 Å². The van der Waals surface area contributed by atoms with Crippen molar-refractivity contribution in [2.24, 2.45) is 0 Å². The maximum absolute atomic E-state index is 12.8. The van der Waals surface area contributed by atoms with Crippen LogP contribution in [-0.2, 0) is 0 Å². The molecule has 0 bridgehead atoms. The largest absolute Gasteiger partial charge is 0.493 e. The molecule has 7 heteroatoms. The lowest BCUT2D eigenvalue weighted by Crippen LogP contribution is -2.36. The maximum Gasteiger partial charge on any atom is 0.493 e. The minimum Gasteiger partial charge on any atom is -0.423 e. The molecular formula is C6H5BF3NO2. The van der Waals surface area contributed by atoms with E-state index in [9.17, 15) is 13.2 Å². The lowest BCUT2D eigenvalue weighted by atomic mass is 9.78. The molecule has 0 saturated heterocycles. The van der Waals surface area contributed by atoms with Gasteiger partial charge in [-0.05, 0) is 0 Å². The Morgan fingerprint density at radius 1 is 1.15 bits per heavy atom. The molecule has 0 amide bonds. The molecule has 3 nitrogen and oxygen atoms in total. The number of anilines is 1. The molecule has 4 N–H and O–H groups in total. The van der Waals surface area contributed by atoms with Crippen molar-refractivity contribution < 1.29 is 23.2 Å². The molecule has 0 spiro atoms. The number of hydrogen-bond acceptors (Lipinski definition) is 3. The summed E-state index contributed by atoms with van der Waals surface area (Å²) in [5.74, 6) is -4.31. The van der Waals surface area contributed by atoms with E-state index in [-0.39, 0.29) is 6.07 Å². The van der Waals surface area contributed by atoms with Gasteiger partial charge in [0.25, 0.3) is 0 Å². The highest BCUT2D eigenvalue weighted by Gasteiger charge is 2.25. The van der Waals surface area contributed by atoms with Crippen molar-refractivity contribution in [3.8, 4) is 0 Å². The van der Waals surface area contributed by atoms with Crippen molar-refractivity contribution in [1.29, 1.82) is 0 Å². The van der Waals surface area contributed by atoms with Crippen LogP contribution in [0.1, 0.15) is 0 Å². The van der Waals surface area contributed by atoms with E-state index < -0.39 is 35.7 Å². The molecule has 70 valence electrons. The third-order valence-electron chi connectivity index (χ3n) is 1.51. The zero-order chi connectivity index (χ0) is 10.2. The number of rotatable bonds is 1. The Kier molecular flexibility index (Phi) is 2.49. The molecule has 0 saturated carbocycles. The lowest BCUT2D eigenvalue weighted by Gasteiger charge is -2.07. The predicted molar refractivity (Wildman–Crippen MR) is 40.6 cm³/mol. The van der Waals surface area contributed by atoms with Crippen LogP contribution in [0.2, 0.25) is 0 Å². The number of nitrogens with two attached hydrogens (primary N) is 1. The van der Waals surface area contributed by atoms with E-state index in [1.165, 1.54) is 0 Å². The van der Waals surface area contributed by atoms with Crippen LogP contribution in [0, 0.1) is 17.5 Å². The van der Waals surface area contributed by atoms with Crippen molar-refractivity contribution in [2.45, 2.75) is 0 Å². The van der Waals surface area contributed by atoms with Gasteiger partial charge >= 0.3 is 7.12 Å². The highest BCUT2D eigenvalue weighted by atomic mass is 19.2. The number of nitrogen functional groups attached to an aromatic ring is 1. The first-order chi connectivity index (χ1) is 5.95. The molecule has 0 aromatic heterocycles. The Morgan fingerprint density at radius 3 is 2.15 bits per heavy atom. The van der Waals surface area contributed by atoms with Crippen LogP contribution in [0.5, 0.6) is 0 Å². The van der Waals surface area contributed by atoms with Gasteiger partial charge in [-0.1, -0.05) is 0 Å². The van der Waals surface area contributed by atoms with E-state index in [1.54, 1.807) is 0 Å². The summed E-state index contributed by atoms with van der Waals surface area (Å²) in [6.45, 7) is 0. The van der Waals surface area contributed by atoms with Gasteiger partial charge in [0.2, 0.25) is 0 Å². The van der Waals surface area contributed by atoms with Gasteiger partial charge in [0.15, 0.2) is 11.6 Å². The second-order valence-electron chi connectivity index (χ2n) is 2.36. The van der Waals surface area contributed by atoms with Crippen molar-refractivity contribution in [2.75, 3.05) is 5.73 Å². The zero-order valence-electron chi connectivity index (χ0n) is 6.26. The minimum atomic E-state index is -2.34. The van der Waals surface area contributed by atoms with Crippen LogP contribution in [0.25, 0.3) is 0 Å². The molecule has 0 aliphatic rings. The molecule has 1 rings (SSSR count).